The quantitative estimate of drug-likeness (QED) is 0.882. The van der Waals surface area contributed by atoms with Crippen LogP contribution in [0.2, 0.25) is 5.02 Å². The van der Waals surface area contributed by atoms with Gasteiger partial charge in [-0.1, -0.05) is 23.7 Å². The first-order valence-corrected chi connectivity index (χ1v) is 7.61. The Bertz CT molecular complexity index is 775. The molecule has 0 aliphatic heterocycles. The number of aliphatic carboxylic acids is 1. The second-order valence-corrected chi connectivity index (χ2v) is 6.21. The molecule has 5 nitrogen and oxygen atoms in total. The maximum atomic E-state index is 12.5. The summed E-state index contributed by atoms with van der Waals surface area (Å²) in [5.74, 6) is -3.24. The molecule has 0 unspecified atom stereocenters. The van der Waals surface area contributed by atoms with Crippen molar-refractivity contribution in [2.24, 2.45) is 0 Å². The molecule has 1 N–H and O–H groups in total. The molecule has 0 fully saturated rings. The zero-order valence-electron chi connectivity index (χ0n) is 12.1. The first kappa shape index (κ1) is 18.2. The van der Waals surface area contributed by atoms with Crippen LogP contribution in [0.4, 0.5) is 18.3 Å². The second kappa shape index (κ2) is 6.78. The van der Waals surface area contributed by atoms with E-state index in [1.54, 1.807) is 24.3 Å². The lowest BCUT2D eigenvalue weighted by Crippen LogP contribution is -2.38. The summed E-state index contributed by atoms with van der Waals surface area (Å²) in [5, 5.41) is 9.17. The van der Waals surface area contributed by atoms with E-state index in [1.165, 1.54) is 0 Å². The van der Waals surface area contributed by atoms with Crippen LogP contribution < -0.4 is 4.90 Å². The van der Waals surface area contributed by atoms with E-state index >= 15 is 0 Å². The minimum atomic E-state index is -5.05. The summed E-state index contributed by atoms with van der Waals surface area (Å²) in [6, 6.07) is 6.23. The lowest BCUT2D eigenvalue weighted by atomic mass is 10.1. The van der Waals surface area contributed by atoms with Gasteiger partial charge in [0, 0.05) is 22.5 Å². The van der Waals surface area contributed by atoms with Crippen LogP contribution >= 0.6 is 22.9 Å². The summed E-state index contributed by atoms with van der Waals surface area (Å²) in [7, 11) is 0.935. The van der Waals surface area contributed by atoms with E-state index in [1.807, 2.05) is 0 Å². The van der Waals surface area contributed by atoms with Crippen LogP contribution in [0.25, 0.3) is 11.3 Å². The number of carboxylic acid groups (broad SMARTS) is 1. The number of thiazole rings is 1. The summed E-state index contributed by atoms with van der Waals surface area (Å²) >= 11 is 6.50. The molecule has 1 aromatic heterocycles. The van der Waals surface area contributed by atoms with Gasteiger partial charge in [0.15, 0.2) is 5.13 Å². The van der Waals surface area contributed by atoms with Gasteiger partial charge >= 0.3 is 18.1 Å². The van der Waals surface area contributed by atoms with Crippen LogP contribution in [0.15, 0.2) is 24.3 Å². The van der Waals surface area contributed by atoms with Gasteiger partial charge in [-0.2, -0.15) is 13.2 Å². The monoisotopic (exact) mass is 378 g/mol. The smallest absolute Gasteiger partial charge is 0.471 e. The number of nitrogens with zero attached hydrogens (tertiary/aromatic N) is 2. The number of alkyl halides is 3. The zero-order chi connectivity index (χ0) is 18.1. The average molecular weight is 379 g/mol. The Labute approximate surface area is 143 Å². The Morgan fingerprint density at radius 1 is 1.29 bits per heavy atom. The summed E-state index contributed by atoms with van der Waals surface area (Å²) in [4.78, 5) is 26.9. The normalized spacial score (nSPS) is 11.4. The van der Waals surface area contributed by atoms with Crippen molar-refractivity contribution in [3.05, 3.63) is 34.2 Å². The van der Waals surface area contributed by atoms with Crippen LogP contribution in [0.3, 0.4) is 0 Å². The van der Waals surface area contributed by atoms with Gasteiger partial charge in [0.05, 0.1) is 12.1 Å². The van der Waals surface area contributed by atoms with E-state index in [-0.39, 0.29) is 15.7 Å². The van der Waals surface area contributed by atoms with Gasteiger partial charge in [-0.15, -0.1) is 11.3 Å². The fourth-order valence-electron chi connectivity index (χ4n) is 1.85. The standard InChI is InChI=1S/C14H10ClF3N2O3S/c1-20(12(23)14(16,17)18)13-19-11(9(24-13)6-10(21)22)7-2-4-8(15)5-3-7/h2-5H,6H2,1H3,(H,21,22). The highest BCUT2D eigenvalue weighted by molar-refractivity contribution is 7.16. The van der Waals surface area contributed by atoms with Crippen LogP contribution in [0.5, 0.6) is 0 Å². The molecule has 0 spiro atoms. The molecule has 1 heterocycles. The van der Waals surface area contributed by atoms with Gasteiger partial charge in [-0.3, -0.25) is 14.5 Å². The number of anilines is 1. The molecule has 0 atom stereocenters. The van der Waals surface area contributed by atoms with Crippen molar-refractivity contribution in [3.63, 3.8) is 0 Å². The molecule has 1 aromatic carbocycles. The summed E-state index contributed by atoms with van der Waals surface area (Å²) in [6.45, 7) is 0. The SMILES string of the molecule is CN(C(=O)C(F)(F)F)c1nc(-c2ccc(Cl)cc2)c(CC(=O)O)s1. The molecule has 2 rings (SSSR count). The minimum Gasteiger partial charge on any atom is -0.481 e. The fraction of sp³-hybridized carbons (Fsp3) is 0.214. The van der Waals surface area contributed by atoms with Crippen molar-refractivity contribution in [3.8, 4) is 11.3 Å². The Hall–Kier alpha value is -2.13. The Balaban J connectivity index is 2.47. The van der Waals surface area contributed by atoms with Crippen molar-refractivity contribution in [2.45, 2.75) is 12.6 Å². The number of halogens is 4. The highest BCUT2D eigenvalue weighted by Gasteiger charge is 2.42. The number of hydrogen-bond acceptors (Lipinski definition) is 4. The number of benzene rings is 1. The first-order valence-electron chi connectivity index (χ1n) is 6.42. The number of carbonyl (C=O) groups excluding carboxylic acids is 1. The molecule has 0 aliphatic carbocycles. The molecule has 24 heavy (non-hydrogen) atoms. The van der Waals surface area contributed by atoms with Crippen molar-refractivity contribution in [1.29, 1.82) is 0 Å². The Morgan fingerprint density at radius 2 is 1.88 bits per heavy atom. The molecule has 128 valence electrons. The van der Waals surface area contributed by atoms with E-state index < -0.39 is 24.5 Å². The largest absolute Gasteiger partial charge is 0.481 e. The Morgan fingerprint density at radius 3 is 2.38 bits per heavy atom. The maximum absolute atomic E-state index is 12.5. The lowest BCUT2D eigenvalue weighted by molar-refractivity contribution is -0.170. The van der Waals surface area contributed by atoms with E-state index in [2.05, 4.69) is 4.98 Å². The average Bonchev–Trinajstić information content (AvgIpc) is 2.88. The molecule has 1 amide bonds. The molecule has 0 saturated carbocycles. The van der Waals surface area contributed by atoms with Gasteiger partial charge in [-0.05, 0) is 12.1 Å². The third-order valence-corrected chi connectivity index (χ3v) is 4.33. The number of carbonyl (C=O) groups is 2. The van der Waals surface area contributed by atoms with Crippen LogP contribution in [-0.2, 0) is 16.0 Å². The van der Waals surface area contributed by atoms with E-state index in [0.29, 0.717) is 15.5 Å². The lowest BCUT2D eigenvalue weighted by Gasteiger charge is -2.15. The first-order chi connectivity index (χ1) is 11.1. The van der Waals surface area contributed by atoms with E-state index in [4.69, 9.17) is 16.7 Å². The Kier molecular flexibility index (Phi) is 5.14. The third kappa shape index (κ3) is 4.04. The van der Waals surface area contributed by atoms with E-state index in [9.17, 15) is 22.8 Å². The van der Waals surface area contributed by atoms with Crippen LogP contribution in [0.1, 0.15) is 4.88 Å². The third-order valence-electron chi connectivity index (χ3n) is 2.95. The van der Waals surface area contributed by atoms with Gasteiger partial charge in [-0.25, -0.2) is 4.98 Å². The molecule has 2 aromatic rings. The highest BCUT2D eigenvalue weighted by Crippen LogP contribution is 2.35. The number of carboxylic acids is 1. The minimum absolute atomic E-state index is 0.205. The van der Waals surface area contributed by atoms with E-state index in [0.717, 1.165) is 18.4 Å². The highest BCUT2D eigenvalue weighted by atomic mass is 35.5. The predicted molar refractivity (Wildman–Crippen MR) is 83.4 cm³/mol. The van der Waals surface area contributed by atoms with Gasteiger partial charge in [0.1, 0.15) is 0 Å². The van der Waals surface area contributed by atoms with Gasteiger partial charge in [0.25, 0.3) is 0 Å². The number of hydrogen-bond donors (Lipinski definition) is 1. The number of amides is 1. The number of aromatic nitrogens is 1. The van der Waals surface area contributed by atoms with Crippen molar-refractivity contribution >= 4 is 39.9 Å². The molecule has 0 radical (unpaired) electrons. The maximum Gasteiger partial charge on any atom is 0.471 e. The summed E-state index contributed by atoms with van der Waals surface area (Å²) in [5.41, 5.74) is 0.696. The van der Waals surface area contributed by atoms with Crippen LogP contribution in [-0.4, -0.2) is 35.2 Å². The van der Waals surface area contributed by atoms with Gasteiger partial charge < -0.3 is 5.11 Å². The summed E-state index contributed by atoms with van der Waals surface area (Å²) in [6.07, 6.45) is -5.47. The molecule has 0 bridgehead atoms. The number of rotatable bonds is 4. The van der Waals surface area contributed by atoms with Crippen LogP contribution in [0, 0.1) is 0 Å². The van der Waals surface area contributed by atoms with Crippen molar-refractivity contribution in [1.82, 2.24) is 4.98 Å². The van der Waals surface area contributed by atoms with Gasteiger partial charge in [0.2, 0.25) is 0 Å². The molecule has 10 heteroatoms. The fourth-order valence-corrected chi connectivity index (χ4v) is 3.01. The van der Waals surface area contributed by atoms with Crippen molar-refractivity contribution in [2.75, 3.05) is 11.9 Å². The second-order valence-electron chi connectivity index (χ2n) is 4.71. The summed E-state index contributed by atoms with van der Waals surface area (Å²) < 4.78 is 37.6. The zero-order valence-corrected chi connectivity index (χ0v) is 13.7. The molecule has 0 aliphatic rings. The van der Waals surface area contributed by atoms with Crippen molar-refractivity contribution < 1.29 is 27.9 Å². The molecular formula is C14H10ClF3N2O3S. The molecular weight excluding hydrogens is 369 g/mol. The topological polar surface area (TPSA) is 70.5 Å². The predicted octanol–water partition coefficient (Wildman–Crippen LogP) is 3.62. The molecule has 0 saturated heterocycles.